The summed E-state index contributed by atoms with van der Waals surface area (Å²) in [4.78, 5) is 12.2. The molecule has 0 unspecified atom stereocenters. The smallest absolute Gasteiger partial charge is 0.156 e. The molecule has 1 aliphatic heterocycles. The van der Waals surface area contributed by atoms with Gasteiger partial charge in [0.1, 0.15) is 12.0 Å². The number of H-pyrrole nitrogens is 1. The molecule has 0 fully saturated rings. The maximum atomic E-state index is 8.96. The van der Waals surface area contributed by atoms with E-state index in [1.165, 1.54) is 0 Å². The van der Waals surface area contributed by atoms with Gasteiger partial charge in [-0.1, -0.05) is 6.07 Å². The minimum atomic E-state index is 0.613. The summed E-state index contributed by atoms with van der Waals surface area (Å²) in [5.41, 5.74) is 6.39. The number of pyridine rings is 1. The number of nitrogens with zero attached hydrogens (tertiary/aromatic N) is 3. The molecule has 0 aliphatic carbocycles. The summed E-state index contributed by atoms with van der Waals surface area (Å²) in [5.74, 6) is 1.48. The number of nitrogens with one attached hydrogen (secondary N) is 2. The van der Waals surface area contributed by atoms with Crippen LogP contribution < -0.4 is 10.4 Å². The molecule has 0 saturated heterocycles. The average molecular weight is 269 g/mol. The van der Waals surface area contributed by atoms with Crippen LogP contribution in [0.25, 0.3) is 11.5 Å². The van der Waals surface area contributed by atoms with Crippen molar-refractivity contribution in [3.05, 3.63) is 53.8 Å². The van der Waals surface area contributed by atoms with Crippen molar-refractivity contribution in [1.82, 2.24) is 20.4 Å². The molecule has 6 nitrogen and oxygen atoms in total. The van der Waals surface area contributed by atoms with E-state index in [9.17, 15) is 0 Å². The van der Waals surface area contributed by atoms with Crippen molar-refractivity contribution in [2.24, 2.45) is 0 Å². The third-order valence-electron chi connectivity index (χ3n) is 3.14. The average Bonchev–Trinajstić information content (AvgIpc) is 3.07. The number of aryl methyl sites for hydroxylation is 2. The Morgan fingerprint density at radius 1 is 1.25 bits per heavy atom. The number of aromatic amines is 1. The van der Waals surface area contributed by atoms with Crippen molar-refractivity contribution < 1.29 is 5.11 Å². The number of rotatable bonds is 2. The summed E-state index contributed by atoms with van der Waals surface area (Å²) in [5, 5.41) is 10.7. The van der Waals surface area contributed by atoms with Gasteiger partial charge in [0, 0.05) is 11.9 Å². The second-order valence-electron chi connectivity index (χ2n) is 4.56. The summed E-state index contributed by atoms with van der Waals surface area (Å²) >= 11 is 0. The lowest BCUT2D eigenvalue weighted by Crippen LogP contribution is -2.28. The molecule has 2 aromatic rings. The van der Waals surface area contributed by atoms with Crippen LogP contribution in [-0.4, -0.2) is 20.1 Å². The van der Waals surface area contributed by atoms with Gasteiger partial charge in [0.15, 0.2) is 11.6 Å². The maximum Gasteiger partial charge on any atom is 0.156 e. The molecule has 102 valence electrons. The largest absolute Gasteiger partial charge is 0.513 e. The van der Waals surface area contributed by atoms with Crippen molar-refractivity contribution in [3.63, 3.8) is 0 Å². The van der Waals surface area contributed by atoms with Gasteiger partial charge in [0.05, 0.1) is 11.4 Å². The molecule has 2 aromatic heterocycles. The van der Waals surface area contributed by atoms with E-state index in [0.717, 1.165) is 35.0 Å². The standard InChI is InChI=1S/C14H15N5O/c1-9-10(2)16-14(15-9)12-4-3-5-13(17-12)19-7-6-11(8-20)18-19/h3-8,18,20H,1-2H3,(H,15,16). The zero-order valence-electron chi connectivity index (χ0n) is 11.3. The monoisotopic (exact) mass is 269 g/mol. The van der Waals surface area contributed by atoms with E-state index in [2.05, 4.69) is 20.4 Å². The highest BCUT2D eigenvalue weighted by atomic mass is 16.2. The van der Waals surface area contributed by atoms with Gasteiger partial charge in [-0.05, 0) is 32.1 Å². The number of aliphatic hydroxyl groups is 1. The Kier molecular flexibility index (Phi) is 2.90. The van der Waals surface area contributed by atoms with Crippen LogP contribution in [0.4, 0.5) is 5.82 Å². The molecule has 1 aliphatic rings. The number of hydrogen-bond acceptors (Lipinski definition) is 5. The Balaban J connectivity index is 1.92. The third kappa shape index (κ3) is 2.11. The first-order chi connectivity index (χ1) is 9.67. The molecular weight excluding hydrogens is 254 g/mol. The van der Waals surface area contributed by atoms with E-state index >= 15 is 0 Å². The fraction of sp³-hybridized carbons (Fsp3) is 0.143. The highest BCUT2D eigenvalue weighted by Gasteiger charge is 2.13. The quantitative estimate of drug-likeness (QED) is 0.729. The lowest BCUT2D eigenvalue weighted by molar-refractivity contribution is 0.465. The molecule has 0 atom stereocenters. The molecule has 3 N–H and O–H groups in total. The van der Waals surface area contributed by atoms with Crippen LogP contribution in [0.3, 0.4) is 0 Å². The zero-order valence-corrected chi connectivity index (χ0v) is 11.3. The minimum absolute atomic E-state index is 0.613. The SMILES string of the molecule is Cc1nc(-c2cccc(N3C=CC(=CO)N3)n2)[nH]c1C. The minimum Gasteiger partial charge on any atom is -0.513 e. The van der Waals surface area contributed by atoms with E-state index in [4.69, 9.17) is 5.11 Å². The number of anilines is 1. The summed E-state index contributed by atoms with van der Waals surface area (Å²) in [6, 6.07) is 5.70. The second-order valence-corrected chi connectivity index (χ2v) is 4.56. The fourth-order valence-corrected chi connectivity index (χ4v) is 1.93. The van der Waals surface area contributed by atoms with Crippen molar-refractivity contribution in [2.45, 2.75) is 13.8 Å². The fourth-order valence-electron chi connectivity index (χ4n) is 1.93. The van der Waals surface area contributed by atoms with Crippen molar-refractivity contribution in [3.8, 4) is 11.5 Å². The summed E-state index contributed by atoms with van der Waals surface area (Å²) in [6.07, 6.45) is 4.57. The maximum absolute atomic E-state index is 8.96. The van der Waals surface area contributed by atoms with Crippen LogP contribution in [0.5, 0.6) is 0 Å². The van der Waals surface area contributed by atoms with Crippen molar-refractivity contribution >= 4 is 5.82 Å². The Morgan fingerprint density at radius 2 is 2.10 bits per heavy atom. The molecule has 3 rings (SSSR count). The molecule has 20 heavy (non-hydrogen) atoms. The van der Waals surface area contributed by atoms with Crippen LogP contribution >= 0.6 is 0 Å². The molecule has 0 amide bonds. The Bertz CT molecular complexity index is 682. The summed E-state index contributed by atoms with van der Waals surface area (Å²) < 4.78 is 0. The van der Waals surface area contributed by atoms with Gasteiger partial charge in [0.25, 0.3) is 0 Å². The number of allylic oxidation sites excluding steroid dienone is 1. The predicted octanol–water partition coefficient (Wildman–Crippen LogP) is 2.33. The number of aromatic nitrogens is 3. The van der Waals surface area contributed by atoms with Gasteiger partial charge in [-0.25, -0.2) is 15.0 Å². The first-order valence-electron chi connectivity index (χ1n) is 6.26. The van der Waals surface area contributed by atoms with Crippen molar-refractivity contribution in [2.75, 3.05) is 5.01 Å². The molecule has 0 saturated carbocycles. The van der Waals surface area contributed by atoms with Gasteiger partial charge < -0.3 is 10.1 Å². The van der Waals surface area contributed by atoms with Gasteiger partial charge in [-0.3, -0.25) is 5.43 Å². The van der Waals surface area contributed by atoms with E-state index < -0.39 is 0 Å². The molecule has 0 spiro atoms. The van der Waals surface area contributed by atoms with Crippen LogP contribution in [0, 0.1) is 13.8 Å². The van der Waals surface area contributed by atoms with E-state index in [-0.39, 0.29) is 0 Å². The molecule has 3 heterocycles. The molecule has 0 radical (unpaired) electrons. The Hall–Kier alpha value is -2.76. The van der Waals surface area contributed by atoms with Crippen molar-refractivity contribution in [1.29, 1.82) is 0 Å². The van der Waals surface area contributed by atoms with Gasteiger partial charge in [-0.15, -0.1) is 0 Å². The number of hydrogen-bond donors (Lipinski definition) is 3. The van der Waals surface area contributed by atoms with Crippen LogP contribution in [0.1, 0.15) is 11.4 Å². The highest BCUT2D eigenvalue weighted by molar-refractivity contribution is 5.56. The van der Waals surface area contributed by atoms with Crippen LogP contribution in [0.15, 0.2) is 42.4 Å². The zero-order chi connectivity index (χ0) is 14.1. The lowest BCUT2D eigenvalue weighted by atomic mass is 10.3. The van der Waals surface area contributed by atoms with Gasteiger partial charge >= 0.3 is 0 Å². The normalized spacial score (nSPS) is 15.9. The molecular formula is C14H15N5O. The lowest BCUT2D eigenvalue weighted by Gasteiger charge is -2.16. The van der Waals surface area contributed by atoms with Gasteiger partial charge in [0.2, 0.25) is 0 Å². The second kappa shape index (κ2) is 4.73. The Morgan fingerprint density at radius 3 is 2.75 bits per heavy atom. The summed E-state index contributed by atoms with van der Waals surface area (Å²) in [7, 11) is 0. The predicted molar refractivity (Wildman–Crippen MR) is 76.8 cm³/mol. The molecule has 6 heteroatoms. The van der Waals surface area contributed by atoms with Gasteiger partial charge in [-0.2, -0.15) is 0 Å². The van der Waals surface area contributed by atoms with E-state index in [0.29, 0.717) is 5.70 Å². The molecule has 0 bridgehead atoms. The van der Waals surface area contributed by atoms with Crippen LogP contribution in [-0.2, 0) is 0 Å². The highest BCUT2D eigenvalue weighted by Crippen LogP contribution is 2.21. The molecule has 0 aromatic carbocycles. The van der Waals surface area contributed by atoms with E-state index in [1.54, 1.807) is 17.3 Å². The summed E-state index contributed by atoms with van der Waals surface area (Å²) in [6.45, 7) is 3.95. The first kappa shape index (κ1) is 12.3. The van der Waals surface area contributed by atoms with Crippen LogP contribution in [0.2, 0.25) is 0 Å². The number of aliphatic hydroxyl groups excluding tert-OH is 1. The number of imidazole rings is 1. The Labute approximate surface area is 116 Å². The third-order valence-corrected chi connectivity index (χ3v) is 3.14. The number of hydrazine groups is 1. The van der Waals surface area contributed by atoms with E-state index in [1.807, 2.05) is 32.0 Å². The topological polar surface area (TPSA) is 77.1 Å². The first-order valence-corrected chi connectivity index (χ1v) is 6.26.